The minimum absolute atomic E-state index is 0.0952. The zero-order valence-electron chi connectivity index (χ0n) is 11.6. The molecule has 0 aliphatic carbocycles. The molecule has 0 aromatic heterocycles. The second-order valence-corrected chi connectivity index (χ2v) is 5.44. The summed E-state index contributed by atoms with van der Waals surface area (Å²) in [6.45, 7) is 8.41. The van der Waals surface area contributed by atoms with E-state index in [4.69, 9.17) is 0 Å². The van der Waals surface area contributed by atoms with Gasteiger partial charge in [-0.1, -0.05) is 26.7 Å². The van der Waals surface area contributed by atoms with E-state index in [9.17, 15) is 4.79 Å². The molecular weight excluding hydrogens is 212 g/mol. The molecule has 2 N–H and O–H groups in total. The van der Waals surface area contributed by atoms with Crippen LogP contribution in [0.3, 0.4) is 0 Å². The van der Waals surface area contributed by atoms with Crippen molar-refractivity contribution in [1.29, 1.82) is 0 Å². The normalized spacial score (nSPS) is 20.9. The number of hydrogen-bond acceptors (Lipinski definition) is 2. The first-order chi connectivity index (χ1) is 8.14. The van der Waals surface area contributed by atoms with E-state index >= 15 is 0 Å². The molecule has 1 fully saturated rings. The summed E-state index contributed by atoms with van der Waals surface area (Å²) >= 11 is 0. The lowest BCUT2D eigenvalue weighted by Crippen LogP contribution is -2.49. The first-order valence-corrected chi connectivity index (χ1v) is 7.16. The topological polar surface area (TPSA) is 41.1 Å². The van der Waals surface area contributed by atoms with Crippen molar-refractivity contribution in [1.82, 2.24) is 10.6 Å². The van der Waals surface area contributed by atoms with Crippen LogP contribution in [0.4, 0.5) is 0 Å². The number of carbonyl (C=O) groups is 1. The van der Waals surface area contributed by atoms with E-state index in [1.54, 1.807) is 0 Å². The Labute approximate surface area is 106 Å². The predicted molar refractivity (Wildman–Crippen MR) is 72.0 cm³/mol. The highest BCUT2D eigenvalue weighted by Gasteiger charge is 2.38. The van der Waals surface area contributed by atoms with E-state index < -0.39 is 0 Å². The maximum atomic E-state index is 12.5. The van der Waals surface area contributed by atoms with Gasteiger partial charge in [0.05, 0.1) is 5.41 Å². The standard InChI is InChI=1S/C14H28N2O/c1-4-6-12(3)16-13(17)14(7-5-2)8-10-15-11-9-14/h12,15H,4-11H2,1-3H3,(H,16,17). The quantitative estimate of drug-likeness (QED) is 0.749. The summed E-state index contributed by atoms with van der Waals surface area (Å²) in [4.78, 5) is 12.5. The Morgan fingerprint density at radius 1 is 1.29 bits per heavy atom. The highest BCUT2D eigenvalue weighted by molar-refractivity contribution is 5.83. The maximum Gasteiger partial charge on any atom is 0.226 e. The van der Waals surface area contributed by atoms with Gasteiger partial charge in [-0.2, -0.15) is 0 Å². The molecule has 100 valence electrons. The fourth-order valence-corrected chi connectivity index (χ4v) is 2.86. The summed E-state index contributed by atoms with van der Waals surface area (Å²) in [5.41, 5.74) is -0.0952. The Balaban J connectivity index is 2.59. The van der Waals surface area contributed by atoms with Crippen molar-refractivity contribution in [3.8, 4) is 0 Å². The highest BCUT2D eigenvalue weighted by Crippen LogP contribution is 2.34. The van der Waals surface area contributed by atoms with Crippen molar-refractivity contribution in [2.24, 2.45) is 5.41 Å². The Kier molecular flexibility index (Phi) is 5.96. The van der Waals surface area contributed by atoms with Gasteiger partial charge in [0.2, 0.25) is 5.91 Å². The van der Waals surface area contributed by atoms with Crippen LogP contribution >= 0.6 is 0 Å². The van der Waals surface area contributed by atoms with Crippen LogP contribution in [0.15, 0.2) is 0 Å². The lowest BCUT2D eigenvalue weighted by molar-refractivity contribution is -0.133. The summed E-state index contributed by atoms with van der Waals surface area (Å²) < 4.78 is 0. The van der Waals surface area contributed by atoms with E-state index in [0.29, 0.717) is 11.9 Å². The minimum Gasteiger partial charge on any atom is -0.353 e. The van der Waals surface area contributed by atoms with Gasteiger partial charge in [-0.05, 0) is 45.7 Å². The highest BCUT2D eigenvalue weighted by atomic mass is 16.2. The molecule has 1 saturated heterocycles. The van der Waals surface area contributed by atoms with Gasteiger partial charge in [0.15, 0.2) is 0 Å². The summed E-state index contributed by atoms with van der Waals surface area (Å²) in [5.74, 6) is 0.293. The van der Waals surface area contributed by atoms with Crippen molar-refractivity contribution in [2.75, 3.05) is 13.1 Å². The number of hydrogen-bond donors (Lipinski definition) is 2. The molecule has 3 heteroatoms. The molecule has 0 aromatic carbocycles. The lowest BCUT2D eigenvalue weighted by atomic mass is 9.74. The van der Waals surface area contributed by atoms with Crippen molar-refractivity contribution in [3.63, 3.8) is 0 Å². The monoisotopic (exact) mass is 240 g/mol. The van der Waals surface area contributed by atoms with Crippen LogP contribution in [0.2, 0.25) is 0 Å². The van der Waals surface area contributed by atoms with Crippen molar-refractivity contribution >= 4 is 5.91 Å². The van der Waals surface area contributed by atoms with Crippen LogP contribution in [0, 0.1) is 5.41 Å². The fourth-order valence-electron chi connectivity index (χ4n) is 2.86. The zero-order valence-corrected chi connectivity index (χ0v) is 11.6. The molecule has 0 spiro atoms. The van der Waals surface area contributed by atoms with E-state index in [1.165, 1.54) is 0 Å². The molecule has 3 nitrogen and oxygen atoms in total. The second-order valence-electron chi connectivity index (χ2n) is 5.44. The molecule has 0 saturated carbocycles. The van der Waals surface area contributed by atoms with Crippen LogP contribution in [-0.2, 0) is 4.79 Å². The van der Waals surface area contributed by atoms with Gasteiger partial charge in [0, 0.05) is 6.04 Å². The molecule has 0 bridgehead atoms. The van der Waals surface area contributed by atoms with E-state index in [2.05, 4.69) is 31.4 Å². The Bertz CT molecular complexity index is 229. The SMILES string of the molecule is CCCC(C)NC(=O)C1(CCC)CCNCC1. The molecule has 17 heavy (non-hydrogen) atoms. The fraction of sp³-hybridized carbons (Fsp3) is 0.929. The van der Waals surface area contributed by atoms with Gasteiger partial charge in [-0.3, -0.25) is 4.79 Å². The van der Waals surface area contributed by atoms with Gasteiger partial charge < -0.3 is 10.6 Å². The Morgan fingerprint density at radius 2 is 1.94 bits per heavy atom. The molecule has 1 aliphatic heterocycles. The molecular formula is C14H28N2O. The number of nitrogens with one attached hydrogen (secondary N) is 2. The zero-order chi connectivity index (χ0) is 12.7. The molecule has 1 amide bonds. The molecule has 0 radical (unpaired) electrons. The molecule has 0 aromatic rings. The van der Waals surface area contributed by atoms with Crippen LogP contribution in [-0.4, -0.2) is 25.0 Å². The number of rotatable bonds is 6. The third-order valence-corrected chi connectivity index (χ3v) is 3.87. The summed E-state index contributed by atoms with van der Waals surface area (Å²) in [6, 6.07) is 0.316. The van der Waals surface area contributed by atoms with E-state index in [0.717, 1.165) is 51.6 Å². The number of carbonyl (C=O) groups excluding carboxylic acids is 1. The largest absolute Gasteiger partial charge is 0.353 e. The van der Waals surface area contributed by atoms with Crippen LogP contribution in [0.1, 0.15) is 59.3 Å². The van der Waals surface area contributed by atoms with Gasteiger partial charge in [0.25, 0.3) is 0 Å². The maximum absolute atomic E-state index is 12.5. The molecule has 1 aliphatic rings. The second kappa shape index (κ2) is 7.00. The van der Waals surface area contributed by atoms with Crippen LogP contribution in [0.5, 0.6) is 0 Å². The summed E-state index contributed by atoms with van der Waals surface area (Å²) in [6.07, 6.45) is 6.31. The van der Waals surface area contributed by atoms with Gasteiger partial charge in [0.1, 0.15) is 0 Å². The summed E-state index contributed by atoms with van der Waals surface area (Å²) in [5, 5.41) is 6.56. The molecule has 1 heterocycles. The van der Waals surface area contributed by atoms with Gasteiger partial charge in [-0.15, -0.1) is 0 Å². The minimum atomic E-state index is -0.0952. The predicted octanol–water partition coefficient (Wildman–Crippen LogP) is 2.46. The third kappa shape index (κ3) is 3.98. The van der Waals surface area contributed by atoms with Crippen molar-refractivity contribution < 1.29 is 4.79 Å². The van der Waals surface area contributed by atoms with Gasteiger partial charge >= 0.3 is 0 Å². The summed E-state index contributed by atoms with van der Waals surface area (Å²) in [7, 11) is 0. The number of amides is 1. The third-order valence-electron chi connectivity index (χ3n) is 3.87. The number of piperidine rings is 1. The first kappa shape index (κ1) is 14.5. The molecule has 1 atom stereocenters. The van der Waals surface area contributed by atoms with Crippen molar-refractivity contribution in [2.45, 2.75) is 65.3 Å². The van der Waals surface area contributed by atoms with Crippen LogP contribution < -0.4 is 10.6 Å². The average molecular weight is 240 g/mol. The smallest absolute Gasteiger partial charge is 0.226 e. The first-order valence-electron chi connectivity index (χ1n) is 7.16. The van der Waals surface area contributed by atoms with E-state index in [1.807, 2.05) is 0 Å². The van der Waals surface area contributed by atoms with Gasteiger partial charge in [-0.25, -0.2) is 0 Å². The van der Waals surface area contributed by atoms with Crippen LogP contribution in [0.25, 0.3) is 0 Å². The molecule has 1 rings (SSSR count). The Hall–Kier alpha value is -0.570. The Morgan fingerprint density at radius 3 is 2.47 bits per heavy atom. The molecule has 1 unspecified atom stereocenters. The van der Waals surface area contributed by atoms with E-state index in [-0.39, 0.29) is 5.41 Å². The van der Waals surface area contributed by atoms with Crippen molar-refractivity contribution in [3.05, 3.63) is 0 Å². The average Bonchev–Trinajstić information content (AvgIpc) is 2.30. The lowest BCUT2D eigenvalue weighted by Gasteiger charge is -2.37.